The number of nitrogens with zero attached hydrogens (tertiary/aromatic N) is 4. The van der Waals surface area contributed by atoms with Crippen LogP contribution in [-0.4, -0.2) is 39.2 Å². The fourth-order valence-electron chi connectivity index (χ4n) is 1.98. The van der Waals surface area contributed by atoms with Gasteiger partial charge < -0.3 is 10.6 Å². The van der Waals surface area contributed by atoms with Gasteiger partial charge in [0.1, 0.15) is 5.82 Å². The topological polar surface area (TPSA) is 139 Å². The molecule has 6 N–H and O–H groups in total. The summed E-state index contributed by atoms with van der Waals surface area (Å²) in [5.41, 5.74) is 8.25. The number of primary amides is 1. The van der Waals surface area contributed by atoms with Crippen molar-refractivity contribution in [3.05, 3.63) is 6.20 Å². The van der Waals surface area contributed by atoms with Gasteiger partial charge in [0.05, 0.1) is 18.1 Å². The third kappa shape index (κ3) is 2.94. The summed E-state index contributed by atoms with van der Waals surface area (Å²) < 4.78 is 0. The van der Waals surface area contributed by atoms with E-state index in [-0.39, 0.29) is 12.5 Å². The molecule has 20 heavy (non-hydrogen) atoms. The summed E-state index contributed by atoms with van der Waals surface area (Å²) in [6.45, 7) is 4.79. The van der Waals surface area contributed by atoms with Crippen molar-refractivity contribution in [1.82, 2.24) is 20.2 Å². The number of nitrogens with one attached hydrogen (secondary N) is 2. The molecule has 2 rings (SSSR count). The Kier molecular flexibility index (Phi) is 3.99. The number of hydrazine groups is 1. The molecule has 0 aliphatic rings. The maximum absolute atomic E-state index is 11.3. The van der Waals surface area contributed by atoms with Gasteiger partial charge >= 0.3 is 0 Å². The average molecular weight is 278 g/mol. The van der Waals surface area contributed by atoms with Crippen LogP contribution in [-0.2, 0) is 4.79 Å². The quantitative estimate of drug-likeness (QED) is 0.416. The zero-order chi connectivity index (χ0) is 14.7. The second-order valence-electron chi connectivity index (χ2n) is 4.89. The number of rotatable bonds is 6. The monoisotopic (exact) mass is 278 g/mol. The van der Waals surface area contributed by atoms with E-state index in [1.165, 1.54) is 0 Å². The summed E-state index contributed by atoms with van der Waals surface area (Å²) in [7, 11) is 0. The standard InChI is InChI=1S/C11H18N8O/c1-6(2)4-19(5-8(12)20)10-7-3-14-18-9(7)15-11(16-10)17-13/h3,6H,4-5,13H2,1-2H3,(H2,12,20)(H2,14,15,16,17,18). The molecule has 0 atom stereocenters. The van der Waals surface area contributed by atoms with Crippen LogP contribution in [0.25, 0.3) is 11.0 Å². The van der Waals surface area contributed by atoms with Gasteiger partial charge in [0.25, 0.3) is 0 Å². The zero-order valence-electron chi connectivity index (χ0n) is 11.4. The molecule has 0 aliphatic heterocycles. The summed E-state index contributed by atoms with van der Waals surface area (Å²) in [5, 5.41) is 7.41. The van der Waals surface area contributed by atoms with E-state index in [1.54, 1.807) is 11.1 Å². The zero-order valence-corrected chi connectivity index (χ0v) is 11.4. The first-order valence-corrected chi connectivity index (χ1v) is 6.22. The molecule has 0 spiro atoms. The molecule has 0 aliphatic carbocycles. The highest BCUT2D eigenvalue weighted by molar-refractivity contribution is 5.90. The minimum atomic E-state index is -0.428. The summed E-state index contributed by atoms with van der Waals surface area (Å²) >= 11 is 0. The van der Waals surface area contributed by atoms with Gasteiger partial charge in [-0.25, -0.2) is 5.84 Å². The molecule has 108 valence electrons. The number of aromatic amines is 1. The molecule has 2 heterocycles. The number of amides is 1. The van der Waals surface area contributed by atoms with Crippen LogP contribution in [0, 0.1) is 5.92 Å². The highest BCUT2D eigenvalue weighted by atomic mass is 16.1. The van der Waals surface area contributed by atoms with Gasteiger partial charge in [-0.15, -0.1) is 0 Å². The van der Waals surface area contributed by atoms with Crippen LogP contribution < -0.4 is 21.9 Å². The Morgan fingerprint density at radius 2 is 2.25 bits per heavy atom. The molecule has 0 saturated heterocycles. The van der Waals surface area contributed by atoms with Crippen molar-refractivity contribution in [2.24, 2.45) is 17.5 Å². The molecule has 0 unspecified atom stereocenters. The molecule has 9 nitrogen and oxygen atoms in total. The third-order valence-electron chi connectivity index (χ3n) is 2.65. The van der Waals surface area contributed by atoms with E-state index in [4.69, 9.17) is 11.6 Å². The second-order valence-corrected chi connectivity index (χ2v) is 4.89. The van der Waals surface area contributed by atoms with Crippen LogP contribution in [0.4, 0.5) is 11.8 Å². The lowest BCUT2D eigenvalue weighted by atomic mass is 10.2. The van der Waals surface area contributed by atoms with Gasteiger partial charge in [-0.3, -0.25) is 15.3 Å². The number of hydrogen-bond donors (Lipinski definition) is 4. The van der Waals surface area contributed by atoms with Gasteiger partial charge in [-0.05, 0) is 5.92 Å². The van der Waals surface area contributed by atoms with Crippen LogP contribution in [0.2, 0.25) is 0 Å². The van der Waals surface area contributed by atoms with Gasteiger partial charge in [0, 0.05) is 6.54 Å². The average Bonchev–Trinajstić information content (AvgIpc) is 2.83. The molecule has 2 aromatic rings. The lowest BCUT2D eigenvalue weighted by Gasteiger charge is -2.24. The van der Waals surface area contributed by atoms with Crippen LogP contribution in [0.3, 0.4) is 0 Å². The molecule has 0 fully saturated rings. The van der Waals surface area contributed by atoms with Crippen LogP contribution in [0.15, 0.2) is 6.20 Å². The highest BCUT2D eigenvalue weighted by Gasteiger charge is 2.18. The number of anilines is 2. The van der Waals surface area contributed by atoms with Gasteiger partial charge in [-0.2, -0.15) is 15.1 Å². The van der Waals surface area contributed by atoms with E-state index in [1.807, 2.05) is 13.8 Å². The van der Waals surface area contributed by atoms with Crippen molar-refractivity contribution < 1.29 is 4.79 Å². The fraction of sp³-hybridized carbons (Fsp3) is 0.455. The number of H-pyrrole nitrogens is 1. The highest BCUT2D eigenvalue weighted by Crippen LogP contribution is 2.24. The lowest BCUT2D eigenvalue weighted by molar-refractivity contribution is -0.116. The third-order valence-corrected chi connectivity index (χ3v) is 2.65. The number of aromatic nitrogens is 4. The maximum Gasteiger partial charge on any atom is 0.241 e. The second kappa shape index (κ2) is 5.70. The number of fused-ring (bicyclic) bond motifs is 1. The number of hydrogen-bond acceptors (Lipinski definition) is 7. The molecular formula is C11H18N8O. The molecular weight excluding hydrogens is 260 g/mol. The van der Waals surface area contributed by atoms with E-state index in [0.717, 1.165) is 0 Å². The number of carbonyl (C=O) groups excluding carboxylic acids is 1. The molecule has 9 heteroatoms. The molecule has 2 aromatic heterocycles. The Labute approximate surface area is 115 Å². The van der Waals surface area contributed by atoms with Crippen molar-refractivity contribution >= 4 is 28.7 Å². The van der Waals surface area contributed by atoms with E-state index in [9.17, 15) is 4.79 Å². The van der Waals surface area contributed by atoms with E-state index in [2.05, 4.69) is 25.6 Å². The van der Waals surface area contributed by atoms with Gasteiger partial charge in [0.2, 0.25) is 11.9 Å². The Balaban J connectivity index is 2.49. The molecule has 0 aromatic carbocycles. The largest absolute Gasteiger partial charge is 0.368 e. The minimum absolute atomic E-state index is 0.0689. The summed E-state index contributed by atoms with van der Waals surface area (Å²) in [6, 6.07) is 0. The van der Waals surface area contributed by atoms with Crippen molar-refractivity contribution in [3.8, 4) is 0 Å². The first-order valence-electron chi connectivity index (χ1n) is 6.22. The Morgan fingerprint density at radius 3 is 2.85 bits per heavy atom. The normalized spacial score (nSPS) is 11.0. The Hall–Kier alpha value is -2.42. The van der Waals surface area contributed by atoms with Gasteiger partial charge in [-0.1, -0.05) is 13.8 Å². The summed E-state index contributed by atoms with van der Waals surface area (Å²) in [5.74, 6) is 6.09. The van der Waals surface area contributed by atoms with Crippen molar-refractivity contribution in [2.45, 2.75) is 13.8 Å². The maximum atomic E-state index is 11.3. The van der Waals surface area contributed by atoms with Crippen LogP contribution >= 0.6 is 0 Å². The summed E-state index contributed by atoms with van der Waals surface area (Å²) in [4.78, 5) is 21.5. The summed E-state index contributed by atoms with van der Waals surface area (Å²) in [6.07, 6.45) is 1.61. The number of nitrogens with two attached hydrogens (primary N) is 2. The minimum Gasteiger partial charge on any atom is -0.368 e. The molecule has 0 saturated carbocycles. The number of carbonyl (C=O) groups is 1. The van der Waals surface area contributed by atoms with E-state index in [0.29, 0.717) is 29.3 Å². The molecule has 0 bridgehead atoms. The first-order chi connectivity index (χ1) is 9.51. The van der Waals surface area contributed by atoms with Gasteiger partial charge in [0.15, 0.2) is 5.65 Å². The van der Waals surface area contributed by atoms with Crippen LogP contribution in [0.1, 0.15) is 13.8 Å². The Bertz CT molecular complexity index is 607. The molecule has 0 radical (unpaired) electrons. The SMILES string of the molecule is CC(C)CN(CC(N)=O)c1nc(NN)nc2[nH]ncc12. The lowest BCUT2D eigenvalue weighted by Crippen LogP contribution is -2.37. The van der Waals surface area contributed by atoms with Crippen molar-refractivity contribution in [3.63, 3.8) is 0 Å². The first kappa shape index (κ1) is 14.0. The predicted octanol–water partition coefficient (Wildman–Crippen LogP) is -0.414. The van der Waals surface area contributed by atoms with Crippen LogP contribution in [0.5, 0.6) is 0 Å². The van der Waals surface area contributed by atoms with E-state index >= 15 is 0 Å². The van der Waals surface area contributed by atoms with Crippen molar-refractivity contribution in [1.29, 1.82) is 0 Å². The number of nitrogen functional groups attached to an aromatic ring is 1. The predicted molar refractivity (Wildman–Crippen MR) is 75.7 cm³/mol. The van der Waals surface area contributed by atoms with Crippen molar-refractivity contribution in [2.75, 3.05) is 23.4 Å². The Morgan fingerprint density at radius 1 is 1.50 bits per heavy atom. The molecule has 1 amide bonds. The van der Waals surface area contributed by atoms with E-state index < -0.39 is 5.91 Å². The fourth-order valence-corrected chi connectivity index (χ4v) is 1.98. The smallest absolute Gasteiger partial charge is 0.241 e.